The lowest BCUT2D eigenvalue weighted by Crippen LogP contribution is -1.91. The van der Waals surface area contributed by atoms with E-state index in [-0.39, 0.29) is 5.69 Å². The Hall–Kier alpha value is -0.0300. The van der Waals surface area contributed by atoms with Gasteiger partial charge in [0.2, 0.25) is 0 Å². The smallest absolute Gasteiger partial charge is 0.239 e. The van der Waals surface area contributed by atoms with Crippen LogP contribution in [0.25, 0.3) is 0 Å². The van der Waals surface area contributed by atoms with Crippen molar-refractivity contribution in [3.63, 3.8) is 0 Å². The van der Waals surface area contributed by atoms with E-state index in [1.807, 2.05) is 0 Å². The molecule has 0 radical (unpaired) electrons. The SMILES string of the molecule is FC(F)c1nc(Br)ccc1Br. The van der Waals surface area contributed by atoms with Gasteiger partial charge in [-0.15, -0.1) is 0 Å². The average molecular weight is 287 g/mol. The van der Waals surface area contributed by atoms with E-state index in [0.29, 0.717) is 9.08 Å². The van der Waals surface area contributed by atoms with Gasteiger partial charge in [0.25, 0.3) is 6.43 Å². The van der Waals surface area contributed by atoms with Crippen molar-refractivity contribution in [2.24, 2.45) is 0 Å². The number of aromatic nitrogens is 1. The molecule has 0 aliphatic heterocycles. The third-order valence-corrected chi connectivity index (χ3v) is 2.16. The number of nitrogens with zero attached hydrogens (tertiary/aromatic N) is 1. The maximum absolute atomic E-state index is 12.1. The largest absolute Gasteiger partial charge is 0.281 e. The van der Waals surface area contributed by atoms with Gasteiger partial charge in [0.1, 0.15) is 10.3 Å². The molecule has 1 aromatic heterocycles. The highest BCUT2D eigenvalue weighted by atomic mass is 79.9. The van der Waals surface area contributed by atoms with Crippen LogP contribution < -0.4 is 0 Å². The zero-order valence-corrected chi connectivity index (χ0v) is 8.36. The van der Waals surface area contributed by atoms with Crippen LogP contribution in [0.2, 0.25) is 0 Å². The van der Waals surface area contributed by atoms with E-state index in [9.17, 15) is 8.78 Å². The molecule has 0 N–H and O–H groups in total. The Kier molecular flexibility index (Phi) is 2.95. The topological polar surface area (TPSA) is 12.9 Å². The fraction of sp³-hybridized carbons (Fsp3) is 0.167. The van der Waals surface area contributed by atoms with Gasteiger partial charge in [-0.05, 0) is 44.0 Å². The van der Waals surface area contributed by atoms with Crippen LogP contribution in [-0.2, 0) is 0 Å². The maximum atomic E-state index is 12.1. The summed E-state index contributed by atoms with van der Waals surface area (Å²) in [5, 5.41) is 0. The highest BCUT2D eigenvalue weighted by Gasteiger charge is 2.12. The molecule has 0 atom stereocenters. The number of halogens is 4. The standard InChI is InChI=1S/C6H3Br2F2N/c7-3-1-2-4(8)11-5(3)6(9)10/h1-2,6H. The fourth-order valence-corrected chi connectivity index (χ4v) is 1.30. The Balaban J connectivity index is 3.13. The molecule has 0 aliphatic rings. The minimum Gasteiger partial charge on any atom is -0.239 e. The van der Waals surface area contributed by atoms with E-state index in [1.165, 1.54) is 6.07 Å². The van der Waals surface area contributed by atoms with Gasteiger partial charge < -0.3 is 0 Å². The molecule has 5 heteroatoms. The summed E-state index contributed by atoms with van der Waals surface area (Å²) in [6.07, 6.45) is -2.54. The van der Waals surface area contributed by atoms with Crippen LogP contribution >= 0.6 is 31.9 Å². The maximum Gasteiger partial charge on any atom is 0.281 e. The summed E-state index contributed by atoms with van der Waals surface area (Å²) in [7, 11) is 0. The fourth-order valence-electron chi connectivity index (χ4n) is 0.586. The molecular weight excluding hydrogens is 284 g/mol. The first-order chi connectivity index (χ1) is 5.11. The molecule has 1 rings (SSSR count). The molecule has 0 saturated heterocycles. The summed E-state index contributed by atoms with van der Waals surface area (Å²) in [6, 6.07) is 3.12. The van der Waals surface area contributed by atoms with Gasteiger partial charge in [0.15, 0.2) is 0 Å². The number of hydrogen-bond donors (Lipinski definition) is 0. The van der Waals surface area contributed by atoms with Gasteiger partial charge in [-0.1, -0.05) is 0 Å². The molecule has 0 unspecified atom stereocenters. The summed E-state index contributed by atoms with van der Waals surface area (Å²) < 4.78 is 24.9. The van der Waals surface area contributed by atoms with E-state index >= 15 is 0 Å². The summed E-state index contributed by atoms with van der Waals surface area (Å²) >= 11 is 5.97. The number of pyridine rings is 1. The summed E-state index contributed by atoms with van der Waals surface area (Å²) in [5.74, 6) is 0. The number of hydrogen-bond acceptors (Lipinski definition) is 1. The van der Waals surface area contributed by atoms with Crippen LogP contribution in [0.3, 0.4) is 0 Å². The van der Waals surface area contributed by atoms with E-state index in [1.54, 1.807) is 6.07 Å². The number of alkyl halides is 2. The molecular formula is C6H3Br2F2N. The Labute approximate surface area is 79.1 Å². The molecule has 1 heterocycles. The lowest BCUT2D eigenvalue weighted by atomic mass is 10.4. The van der Waals surface area contributed by atoms with Crippen molar-refractivity contribution < 1.29 is 8.78 Å². The molecule has 0 amide bonds. The predicted molar refractivity (Wildman–Crippen MR) is 44.6 cm³/mol. The van der Waals surface area contributed by atoms with E-state index in [2.05, 4.69) is 36.8 Å². The van der Waals surface area contributed by atoms with Gasteiger partial charge in [-0.2, -0.15) is 0 Å². The first-order valence-corrected chi connectivity index (χ1v) is 4.30. The van der Waals surface area contributed by atoms with Gasteiger partial charge in [0, 0.05) is 4.47 Å². The van der Waals surface area contributed by atoms with Crippen molar-refractivity contribution in [1.82, 2.24) is 4.98 Å². The first-order valence-electron chi connectivity index (χ1n) is 2.71. The monoisotopic (exact) mass is 285 g/mol. The Morgan fingerprint density at radius 1 is 1.27 bits per heavy atom. The molecule has 0 fully saturated rings. The third kappa shape index (κ3) is 2.20. The molecule has 11 heavy (non-hydrogen) atoms. The first kappa shape index (κ1) is 9.06. The minimum absolute atomic E-state index is 0.237. The van der Waals surface area contributed by atoms with E-state index in [0.717, 1.165) is 0 Å². The van der Waals surface area contributed by atoms with Crippen molar-refractivity contribution in [2.75, 3.05) is 0 Å². The van der Waals surface area contributed by atoms with Crippen LogP contribution in [0.15, 0.2) is 21.2 Å². The molecule has 0 saturated carbocycles. The zero-order chi connectivity index (χ0) is 8.43. The summed E-state index contributed by atoms with van der Waals surface area (Å²) in [6.45, 7) is 0. The quantitative estimate of drug-likeness (QED) is 0.720. The van der Waals surface area contributed by atoms with Gasteiger partial charge in [-0.25, -0.2) is 13.8 Å². The van der Waals surface area contributed by atoms with Crippen molar-refractivity contribution in [3.05, 3.63) is 26.9 Å². The molecule has 60 valence electrons. The molecule has 0 bridgehead atoms. The van der Waals surface area contributed by atoms with E-state index < -0.39 is 6.43 Å². The van der Waals surface area contributed by atoms with Crippen LogP contribution in [-0.4, -0.2) is 4.98 Å². The summed E-state index contributed by atoms with van der Waals surface area (Å²) in [4.78, 5) is 3.59. The summed E-state index contributed by atoms with van der Waals surface area (Å²) in [5.41, 5.74) is -0.237. The normalized spacial score (nSPS) is 10.6. The third-order valence-electron chi connectivity index (χ3n) is 1.05. The second-order valence-electron chi connectivity index (χ2n) is 1.80. The molecule has 1 aromatic rings. The lowest BCUT2D eigenvalue weighted by Gasteiger charge is -2.01. The van der Waals surface area contributed by atoms with E-state index in [4.69, 9.17) is 0 Å². The highest BCUT2D eigenvalue weighted by Crippen LogP contribution is 2.26. The van der Waals surface area contributed by atoms with Crippen molar-refractivity contribution in [1.29, 1.82) is 0 Å². The van der Waals surface area contributed by atoms with Crippen LogP contribution in [0.5, 0.6) is 0 Å². The molecule has 0 aliphatic carbocycles. The Bertz CT molecular complexity index is 265. The number of rotatable bonds is 1. The Morgan fingerprint density at radius 2 is 1.91 bits per heavy atom. The van der Waals surface area contributed by atoms with Crippen molar-refractivity contribution >= 4 is 31.9 Å². The highest BCUT2D eigenvalue weighted by molar-refractivity contribution is 9.11. The minimum atomic E-state index is -2.54. The Morgan fingerprint density at radius 3 is 2.36 bits per heavy atom. The second-order valence-corrected chi connectivity index (χ2v) is 3.47. The van der Waals surface area contributed by atoms with Gasteiger partial charge >= 0.3 is 0 Å². The second kappa shape index (κ2) is 3.58. The van der Waals surface area contributed by atoms with Crippen LogP contribution in [0.4, 0.5) is 8.78 Å². The average Bonchev–Trinajstić information content (AvgIpc) is 1.94. The van der Waals surface area contributed by atoms with Crippen molar-refractivity contribution in [3.8, 4) is 0 Å². The molecule has 0 spiro atoms. The van der Waals surface area contributed by atoms with Gasteiger partial charge in [-0.3, -0.25) is 0 Å². The predicted octanol–water partition coefficient (Wildman–Crippen LogP) is 3.54. The molecule has 1 nitrogen and oxygen atoms in total. The van der Waals surface area contributed by atoms with Gasteiger partial charge in [0.05, 0.1) is 0 Å². The molecule has 0 aromatic carbocycles. The zero-order valence-electron chi connectivity index (χ0n) is 5.19. The van der Waals surface area contributed by atoms with Crippen LogP contribution in [0.1, 0.15) is 12.1 Å². The lowest BCUT2D eigenvalue weighted by molar-refractivity contribution is 0.145. The van der Waals surface area contributed by atoms with Crippen molar-refractivity contribution in [2.45, 2.75) is 6.43 Å². The van der Waals surface area contributed by atoms with Crippen LogP contribution in [0, 0.1) is 0 Å².